The maximum absolute atomic E-state index is 12.3. The van der Waals surface area contributed by atoms with Crippen LogP contribution in [-0.4, -0.2) is 12.0 Å². The van der Waals surface area contributed by atoms with E-state index in [-0.39, 0.29) is 5.91 Å². The number of carbonyl (C=O) groups is 1. The van der Waals surface area contributed by atoms with Crippen molar-refractivity contribution in [1.29, 1.82) is 0 Å². The van der Waals surface area contributed by atoms with E-state index in [1.54, 1.807) is 12.1 Å². The molecule has 0 unspecified atom stereocenters. The second-order valence-corrected chi connectivity index (χ2v) is 5.56. The Hall–Kier alpha value is -2.00. The summed E-state index contributed by atoms with van der Waals surface area (Å²) >= 11 is 6.06. The fraction of sp³-hybridized carbons (Fsp3) is 0.278. The number of nitrogens with one attached hydrogen (secondary N) is 1. The molecule has 0 aliphatic heterocycles. The molecule has 0 aliphatic rings. The smallest absolute Gasteiger partial charge is 0.261 e. The lowest BCUT2D eigenvalue weighted by atomic mass is 10.1. The molecule has 0 aliphatic carbocycles. The maximum atomic E-state index is 12.3. The zero-order valence-electron chi connectivity index (χ0n) is 12.8. The SMILES string of the molecule is CC[C@@H](Oc1ccccc1Cl)C(=O)NCc1ccc(C)cc1. The first kappa shape index (κ1) is 16.4. The molecule has 0 bridgehead atoms. The van der Waals surface area contributed by atoms with Crippen LogP contribution in [0.5, 0.6) is 5.75 Å². The number of aryl methyl sites for hydroxylation is 1. The van der Waals surface area contributed by atoms with E-state index < -0.39 is 6.10 Å². The Morgan fingerprint density at radius 2 is 1.86 bits per heavy atom. The summed E-state index contributed by atoms with van der Waals surface area (Å²) < 4.78 is 5.72. The van der Waals surface area contributed by atoms with Crippen molar-refractivity contribution in [3.8, 4) is 5.75 Å². The molecule has 0 saturated carbocycles. The highest BCUT2D eigenvalue weighted by molar-refractivity contribution is 6.32. The Kier molecular flexibility index (Phi) is 5.84. The summed E-state index contributed by atoms with van der Waals surface area (Å²) in [5.41, 5.74) is 2.26. The monoisotopic (exact) mass is 317 g/mol. The van der Waals surface area contributed by atoms with Crippen molar-refractivity contribution in [3.05, 3.63) is 64.7 Å². The summed E-state index contributed by atoms with van der Waals surface area (Å²) in [7, 11) is 0. The quantitative estimate of drug-likeness (QED) is 0.870. The predicted octanol–water partition coefficient (Wildman–Crippen LogP) is 4.12. The van der Waals surface area contributed by atoms with Crippen LogP contribution in [-0.2, 0) is 11.3 Å². The number of hydrogen-bond acceptors (Lipinski definition) is 2. The molecule has 3 nitrogen and oxygen atoms in total. The van der Waals surface area contributed by atoms with E-state index in [0.29, 0.717) is 23.7 Å². The molecule has 1 atom stereocenters. The van der Waals surface area contributed by atoms with Gasteiger partial charge in [0.15, 0.2) is 6.10 Å². The summed E-state index contributed by atoms with van der Waals surface area (Å²) in [5, 5.41) is 3.41. The Balaban J connectivity index is 1.94. The van der Waals surface area contributed by atoms with Crippen LogP contribution in [0, 0.1) is 6.92 Å². The molecule has 0 fully saturated rings. The summed E-state index contributed by atoms with van der Waals surface area (Å²) in [6.45, 7) is 4.43. The maximum Gasteiger partial charge on any atom is 0.261 e. The first-order valence-electron chi connectivity index (χ1n) is 7.34. The van der Waals surface area contributed by atoms with Gasteiger partial charge in [-0.05, 0) is 31.0 Å². The highest BCUT2D eigenvalue weighted by Crippen LogP contribution is 2.24. The van der Waals surface area contributed by atoms with Crippen LogP contribution in [0.1, 0.15) is 24.5 Å². The number of halogens is 1. The fourth-order valence-corrected chi connectivity index (χ4v) is 2.21. The summed E-state index contributed by atoms with van der Waals surface area (Å²) in [6.07, 6.45) is 0.0238. The van der Waals surface area contributed by atoms with E-state index in [9.17, 15) is 4.79 Å². The fourth-order valence-electron chi connectivity index (χ4n) is 2.02. The second-order valence-electron chi connectivity index (χ2n) is 5.15. The zero-order valence-corrected chi connectivity index (χ0v) is 13.6. The predicted molar refractivity (Wildman–Crippen MR) is 89.2 cm³/mol. The van der Waals surface area contributed by atoms with Crippen molar-refractivity contribution in [1.82, 2.24) is 5.32 Å². The molecule has 2 aromatic carbocycles. The lowest BCUT2D eigenvalue weighted by Crippen LogP contribution is -2.37. The molecule has 116 valence electrons. The number of carbonyl (C=O) groups excluding carboxylic acids is 1. The van der Waals surface area contributed by atoms with E-state index in [1.807, 2.05) is 50.2 Å². The van der Waals surface area contributed by atoms with Crippen molar-refractivity contribution < 1.29 is 9.53 Å². The molecule has 0 heterocycles. The van der Waals surface area contributed by atoms with Crippen LogP contribution >= 0.6 is 11.6 Å². The molecule has 2 aromatic rings. The minimum Gasteiger partial charge on any atom is -0.479 e. The third-order valence-electron chi connectivity index (χ3n) is 3.36. The van der Waals surface area contributed by atoms with Crippen LogP contribution in [0.3, 0.4) is 0 Å². The van der Waals surface area contributed by atoms with E-state index in [0.717, 1.165) is 5.56 Å². The van der Waals surface area contributed by atoms with Crippen LogP contribution in [0.2, 0.25) is 5.02 Å². The summed E-state index contributed by atoms with van der Waals surface area (Å²) in [6, 6.07) is 15.2. The molecule has 1 N–H and O–H groups in total. The lowest BCUT2D eigenvalue weighted by Gasteiger charge is -2.18. The zero-order chi connectivity index (χ0) is 15.9. The average Bonchev–Trinajstić information content (AvgIpc) is 2.53. The molecule has 2 rings (SSSR count). The standard InChI is InChI=1S/C18H20ClNO2/c1-3-16(22-17-7-5-4-6-15(17)19)18(21)20-12-14-10-8-13(2)9-11-14/h4-11,16H,3,12H2,1-2H3,(H,20,21)/t16-/m1/s1. The molecule has 22 heavy (non-hydrogen) atoms. The molecular formula is C18H20ClNO2. The number of amides is 1. The van der Waals surface area contributed by atoms with Gasteiger partial charge in [0.05, 0.1) is 5.02 Å². The Labute approximate surface area is 136 Å². The van der Waals surface area contributed by atoms with Gasteiger partial charge in [-0.15, -0.1) is 0 Å². The minimum atomic E-state index is -0.551. The average molecular weight is 318 g/mol. The molecule has 0 saturated heterocycles. The molecular weight excluding hydrogens is 298 g/mol. The van der Waals surface area contributed by atoms with Crippen LogP contribution in [0.4, 0.5) is 0 Å². The topological polar surface area (TPSA) is 38.3 Å². The number of hydrogen-bond donors (Lipinski definition) is 1. The molecule has 0 aromatic heterocycles. The second kappa shape index (κ2) is 7.85. The Morgan fingerprint density at radius 3 is 2.50 bits per heavy atom. The van der Waals surface area contributed by atoms with Gasteiger partial charge in [-0.1, -0.05) is 60.5 Å². The van der Waals surface area contributed by atoms with Gasteiger partial charge in [0, 0.05) is 6.54 Å². The first-order chi connectivity index (χ1) is 10.6. The molecule has 0 spiro atoms. The van der Waals surface area contributed by atoms with Gasteiger partial charge < -0.3 is 10.1 Å². The minimum absolute atomic E-state index is 0.136. The Bertz CT molecular complexity index is 625. The number of para-hydroxylation sites is 1. The van der Waals surface area contributed by atoms with Crippen LogP contribution in [0.25, 0.3) is 0 Å². The van der Waals surface area contributed by atoms with E-state index >= 15 is 0 Å². The van der Waals surface area contributed by atoms with Gasteiger partial charge in [0.1, 0.15) is 5.75 Å². The third-order valence-corrected chi connectivity index (χ3v) is 3.67. The first-order valence-corrected chi connectivity index (χ1v) is 7.72. The molecule has 4 heteroatoms. The van der Waals surface area contributed by atoms with E-state index in [2.05, 4.69) is 5.32 Å². The summed E-state index contributed by atoms with van der Waals surface area (Å²) in [4.78, 5) is 12.3. The number of rotatable bonds is 6. The van der Waals surface area contributed by atoms with Gasteiger partial charge in [-0.3, -0.25) is 4.79 Å². The van der Waals surface area contributed by atoms with Gasteiger partial charge in [0.2, 0.25) is 0 Å². The number of ether oxygens (including phenoxy) is 1. The van der Waals surface area contributed by atoms with Gasteiger partial charge in [-0.25, -0.2) is 0 Å². The molecule has 1 amide bonds. The van der Waals surface area contributed by atoms with E-state index in [4.69, 9.17) is 16.3 Å². The highest BCUT2D eigenvalue weighted by atomic mass is 35.5. The van der Waals surface area contributed by atoms with Crippen molar-refractivity contribution in [2.45, 2.75) is 32.9 Å². The van der Waals surface area contributed by atoms with Crippen LogP contribution in [0.15, 0.2) is 48.5 Å². The van der Waals surface area contributed by atoms with Crippen molar-refractivity contribution in [3.63, 3.8) is 0 Å². The van der Waals surface area contributed by atoms with Gasteiger partial charge in [-0.2, -0.15) is 0 Å². The lowest BCUT2D eigenvalue weighted by molar-refractivity contribution is -0.128. The number of benzene rings is 2. The summed E-state index contributed by atoms with van der Waals surface area (Å²) in [5.74, 6) is 0.393. The highest BCUT2D eigenvalue weighted by Gasteiger charge is 2.19. The van der Waals surface area contributed by atoms with Crippen LogP contribution < -0.4 is 10.1 Å². The Morgan fingerprint density at radius 1 is 1.18 bits per heavy atom. The normalized spacial score (nSPS) is 11.8. The molecule has 0 radical (unpaired) electrons. The van der Waals surface area contributed by atoms with E-state index in [1.165, 1.54) is 5.56 Å². The largest absolute Gasteiger partial charge is 0.479 e. The van der Waals surface area contributed by atoms with Crippen molar-refractivity contribution >= 4 is 17.5 Å². The van der Waals surface area contributed by atoms with Crippen molar-refractivity contribution in [2.24, 2.45) is 0 Å². The van der Waals surface area contributed by atoms with Crippen molar-refractivity contribution in [2.75, 3.05) is 0 Å². The van der Waals surface area contributed by atoms with Gasteiger partial charge >= 0.3 is 0 Å². The third kappa shape index (κ3) is 4.50. The van der Waals surface area contributed by atoms with Gasteiger partial charge in [0.25, 0.3) is 5.91 Å².